The summed E-state index contributed by atoms with van der Waals surface area (Å²) in [5.74, 6) is 1.18. The molecule has 0 saturated heterocycles. The predicted octanol–water partition coefficient (Wildman–Crippen LogP) is 7.16. The molecular weight excluding hydrogens is 462 g/mol. The first-order valence-corrected chi connectivity index (χ1v) is 12.7. The summed E-state index contributed by atoms with van der Waals surface area (Å²) in [6.45, 7) is 4.11. The lowest BCUT2D eigenvalue weighted by molar-refractivity contribution is -0.116. The van der Waals surface area contributed by atoms with Gasteiger partial charge in [-0.15, -0.1) is 11.3 Å². The van der Waals surface area contributed by atoms with Gasteiger partial charge < -0.3 is 5.32 Å². The Balaban J connectivity index is 1.54. The molecule has 0 bridgehead atoms. The van der Waals surface area contributed by atoms with Crippen molar-refractivity contribution in [3.63, 3.8) is 0 Å². The van der Waals surface area contributed by atoms with E-state index in [2.05, 4.69) is 54.0 Å². The fourth-order valence-electron chi connectivity index (χ4n) is 5.26. The average Bonchev–Trinajstić information content (AvgIpc) is 3.48. The van der Waals surface area contributed by atoms with Gasteiger partial charge in [0, 0.05) is 45.0 Å². The van der Waals surface area contributed by atoms with Gasteiger partial charge in [0.05, 0.1) is 11.4 Å². The second-order valence-corrected chi connectivity index (χ2v) is 10.6. The van der Waals surface area contributed by atoms with Crippen LogP contribution in [0.2, 0.25) is 5.02 Å². The molecule has 4 nitrogen and oxygen atoms in total. The molecule has 1 aliphatic carbocycles. The first-order valence-electron chi connectivity index (χ1n) is 11.5. The Kier molecular flexibility index (Phi) is 5.19. The van der Waals surface area contributed by atoms with Crippen molar-refractivity contribution in [1.29, 1.82) is 0 Å². The fraction of sp³-hybridized carbons (Fsp3) is 0.214. The fourth-order valence-corrected chi connectivity index (χ4v) is 6.22. The number of aryl methyl sites for hydroxylation is 2. The smallest absolute Gasteiger partial charge is 0.162 e. The molecule has 0 spiro atoms. The van der Waals surface area contributed by atoms with Gasteiger partial charge >= 0.3 is 0 Å². The van der Waals surface area contributed by atoms with Crippen molar-refractivity contribution in [3.05, 3.63) is 110 Å². The highest BCUT2D eigenvalue weighted by molar-refractivity contribution is 7.10. The zero-order valence-electron chi connectivity index (χ0n) is 19.0. The lowest BCUT2D eigenvalue weighted by Crippen LogP contribution is -2.30. The van der Waals surface area contributed by atoms with Crippen LogP contribution in [0.5, 0.6) is 0 Å². The van der Waals surface area contributed by atoms with E-state index >= 15 is 0 Å². The van der Waals surface area contributed by atoms with Crippen LogP contribution in [0.15, 0.2) is 77.3 Å². The lowest BCUT2D eigenvalue weighted by atomic mass is 9.73. The van der Waals surface area contributed by atoms with Crippen LogP contribution in [0.1, 0.15) is 51.9 Å². The van der Waals surface area contributed by atoms with Crippen LogP contribution in [0.4, 0.5) is 5.82 Å². The van der Waals surface area contributed by atoms with Crippen LogP contribution in [0, 0.1) is 13.8 Å². The molecule has 0 unspecified atom stereocenters. The molecule has 0 fully saturated rings. The summed E-state index contributed by atoms with van der Waals surface area (Å²) in [5.41, 5.74) is 7.12. The molecule has 6 heteroatoms. The van der Waals surface area contributed by atoms with Gasteiger partial charge in [0.15, 0.2) is 5.78 Å². The number of nitrogens with zero attached hydrogens (tertiary/aromatic N) is 2. The molecule has 6 rings (SSSR count). The number of benzene rings is 2. The Labute approximate surface area is 207 Å². The van der Waals surface area contributed by atoms with Crippen LogP contribution in [0.25, 0.3) is 5.69 Å². The zero-order valence-corrected chi connectivity index (χ0v) is 20.6. The van der Waals surface area contributed by atoms with Gasteiger partial charge in [-0.25, -0.2) is 4.68 Å². The van der Waals surface area contributed by atoms with Crippen molar-refractivity contribution >= 4 is 34.5 Å². The SMILES string of the molecule is Cc1ccc(-n2nc(C)c3c2NC2=C(C(=O)C[C@H](c4cccs4)C2)[C@@H]3c2ccc(Cl)cc2)cc1. The van der Waals surface area contributed by atoms with Crippen LogP contribution >= 0.6 is 22.9 Å². The van der Waals surface area contributed by atoms with Gasteiger partial charge in [0.2, 0.25) is 0 Å². The summed E-state index contributed by atoms with van der Waals surface area (Å²) in [6.07, 6.45) is 1.34. The summed E-state index contributed by atoms with van der Waals surface area (Å²) in [4.78, 5) is 14.9. The van der Waals surface area contributed by atoms with Gasteiger partial charge in [0.1, 0.15) is 5.82 Å². The Bertz CT molecular complexity index is 1420. The number of ketones is 1. The first kappa shape index (κ1) is 21.4. The number of halogens is 1. The van der Waals surface area contributed by atoms with E-state index in [1.807, 2.05) is 35.9 Å². The molecule has 170 valence electrons. The number of fused-ring (bicyclic) bond motifs is 1. The number of anilines is 1. The maximum atomic E-state index is 13.7. The quantitative estimate of drug-likeness (QED) is 0.335. The van der Waals surface area contributed by atoms with Gasteiger partial charge in [-0.1, -0.05) is 47.5 Å². The topological polar surface area (TPSA) is 46.9 Å². The maximum Gasteiger partial charge on any atom is 0.162 e. The lowest BCUT2D eigenvalue weighted by Gasteiger charge is -2.35. The molecule has 4 aromatic rings. The van der Waals surface area contributed by atoms with Gasteiger partial charge in [-0.3, -0.25) is 4.79 Å². The number of aromatic nitrogens is 2. The van der Waals surface area contributed by atoms with Crippen molar-refractivity contribution in [1.82, 2.24) is 9.78 Å². The van der Waals surface area contributed by atoms with Gasteiger partial charge in [-0.05, 0) is 61.5 Å². The molecular formula is C28H24ClN3OS. The number of nitrogens with one attached hydrogen (secondary N) is 1. The molecule has 2 atom stereocenters. The summed E-state index contributed by atoms with van der Waals surface area (Å²) < 4.78 is 1.98. The van der Waals surface area contributed by atoms with E-state index in [0.29, 0.717) is 11.4 Å². The molecule has 1 aliphatic heterocycles. The average molecular weight is 486 g/mol. The summed E-state index contributed by atoms with van der Waals surface area (Å²) in [5, 5.41) is 11.4. The van der Waals surface area contributed by atoms with Crippen LogP contribution in [-0.4, -0.2) is 15.6 Å². The Hall–Kier alpha value is -3.15. The van der Waals surface area contributed by atoms with Gasteiger partial charge in [-0.2, -0.15) is 5.10 Å². The molecule has 0 radical (unpaired) electrons. The summed E-state index contributed by atoms with van der Waals surface area (Å²) in [6, 6.07) is 20.5. The third-order valence-electron chi connectivity index (χ3n) is 6.89. The van der Waals surface area contributed by atoms with Crippen LogP contribution in [0.3, 0.4) is 0 Å². The standard InChI is InChI=1S/C28H24ClN3OS/c1-16-5-11-21(12-6-16)32-28-25(17(2)31-32)26(18-7-9-20(29)10-8-18)27-22(30-28)14-19(15-23(27)33)24-4-3-13-34-24/h3-13,19,26,30H,14-15H2,1-2H3/t19-,26-/m1/s1. The molecule has 1 N–H and O–H groups in total. The van der Waals surface area contributed by atoms with Gasteiger partial charge in [0.25, 0.3) is 0 Å². The number of carbonyl (C=O) groups is 1. The Morgan fingerprint density at radius 1 is 1.03 bits per heavy atom. The number of hydrogen-bond acceptors (Lipinski definition) is 4. The van der Waals surface area contributed by atoms with E-state index in [1.54, 1.807) is 11.3 Å². The minimum Gasteiger partial charge on any atom is -0.343 e. The third kappa shape index (κ3) is 3.51. The second-order valence-electron chi connectivity index (χ2n) is 9.14. The molecule has 2 aromatic heterocycles. The van der Waals surface area contributed by atoms with E-state index in [-0.39, 0.29) is 17.6 Å². The normalized spacial score (nSPS) is 19.6. The van der Waals surface area contributed by atoms with E-state index in [9.17, 15) is 4.79 Å². The van der Waals surface area contributed by atoms with Crippen molar-refractivity contribution in [2.24, 2.45) is 0 Å². The summed E-state index contributed by atoms with van der Waals surface area (Å²) >= 11 is 7.94. The van der Waals surface area contributed by atoms with Crippen molar-refractivity contribution in [2.45, 2.75) is 38.5 Å². The van der Waals surface area contributed by atoms with Crippen molar-refractivity contribution < 1.29 is 4.79 Å². The molecule has 3 heterocycles. The number of allylic oxidation sites excluding steroid dienone is 2. The third-order valence-corrected chi connectivity index (χ3v) is 8.18. The minimum absolute atomic E-state index is 0.167. The number of thiophene rings is 1. The minimum atomic E-state index is -0.167. The van der Waals surface area contributed by atoms with E-state index in [4.69, 9.17) is 16.7 Å². The molecule has 0 amide bonds. The van der Waals surface area contributed by atoms with Crippen LogP contribution in [-0.2, 0) is 4.79 Å². The first-order chi connectivity index (χ1) is 16.5. The highest BCUT2D eigenvalue weighted by Gasteiger charge is 2.41. The second kappa shape index (κ2) is 8.26. The molecule has 34 heavy (non-hydrogen) atoms. The monoisotopic (exact) mass is 485 g/mol. The number of rotatable bonds is 3. The van der Waals surface area contributed by atoms with Crippen LogP contribution < -0.4 is 5.32 Å². The zero-order chi connectivity index (χ0) is 23.4. The Morgan fingerprint density at radius 2 is 1.79 bits per heavy atom. The maximum absolute atomic E-state index is 13.7. The van der Waals surface area contributed by atoms with E-state index in [0.717, 1.165) is 46.0 Å². The largest absolute Gasteiger partial charge is 0.343 e. The molecule has 2 aromatic carbocycles. The highest BCUT2D eigenvalue weighted by atomic mass is 35.5. The molecule has 2 aliphatic rings. The van der Waals surface area contributed by atoms with Crippen molar-refractivity contribution in [3.8, 4) is 5.69 Å². The van der Waals surface area contributed by atoms with E-state index in [1.165, 1.54) is 10.4 Å². The number of hydrogen-bond donors (Lipinski definition) is 1. The van der Waals surface area contributed by atoms with E-state index < -0.39 is 0 Å². The highest BCUT2D eigenvalue weighted by Crippen LogP contribution is 2.50. The number of carbonyl (C=O) groups excluding carboxylic acids is 1. The summed E-state index contributed by atoms with van der Waals surface area (Å²) in [7, 11) is 0. The predicted molar refractivity (Wildman–Crippen MR) is 138 cm³/mol. The van der Waals surface area contributed by atoms with Crippen molar-refractivity contribution in [2.75, 3.05) is 5.32 Å². The number of Topliss-reactive ketones (excluding diaryl/α,β-unsaturated/α-hetero) is 1. The molecule has 0 saturated carbocycles. The Morgan fingerprint density at radius 3 is 2.50 bits per heavy atom.